The first kappa shape index (κ1) is 14.8. The minimum absolute atomic E-state index is 0. The largest absolute Gasteiger partial charge is 0.399 e. The van der Waals surface area contributed by atoms with Crippen molar-refractivity contribution in [2.75, 3.05) is 18.8 Å². The highest BCUT2D eigenvalue weighted by Gasteiger charge is 2.19. The number of halogens is 1. The van der Waals surface area contributed by atoms with Crippen molar-refractivity contribution in [2.45, 2.75) is 26.2 Å². The van der Waals surface area contributed by atoms with Gasteiger partial charge in [-0.2, -0.15) is 0 Å². The quantitative estimate of drug-likeness (QED) is 0.796. The van der Waals surface area contributed by atoms with Crippen molar-refractivity contribution in [1.82, 2.24) is 4.90 Å². The fourth-order valence-electron chi connectivity index (χ4n) is 2.32. The Hall–Kier alpha value is -1.22. The highest BCUT2D eigenvalue weighted by atomic mass is 35.5. The molecule has 2 N–H and O–H groups in total. The zero-order valence-corrected chi connectivity index (χ0v) is 11.6. The Morgan fingerprint density at radius 3 is 2.83 bits per heavy atom. The second kappa shape index (κ2) is 6.64. The molecule has 1 heterocycles. The second-order valence-corrected chi connectivity index (χ2v) is 4.95. The summed E-state index contributed by atoms with van der Waals surface area (Å²) in [5, 5.41) is 0. The molecule has 100 valence electrons. The summed E-state index contributed by atoms with van der Waals surface area (Å²) in [6.45, 7) is 4.00. The molecular formula is C14H21ClN2O. The highest BCUT2D eigenvalue weighted by Crippen LogP contribution is 2.18. The molecule has 1 aliphatic heterocycles. The van der Waals surface area contributed by atoms with E-state index in [0.717, 1.165) is 31.8 Å². The number of hydrogen-bond donors (Lipinski definition) is 1. The van der Waals surface area contributed by atoms with E-state index in [1.807, 2.05) is 17.0 Å². The monoisotopic (exact) mass is 268 g/mol. The number of anilines is 1. The Bertz CT molecular complexity index is 409. The van der Waals surface area contributed by atoms with E-state index < -0.39 is 0 Å². The third-order valence-electron chi connectivity index (χ3n) is 3.44. The minimum Gasteiger partial charge on any atom is -0.399 e. The Labute approximate surface area is 115 Å². The van der Waals surface area contributed by atoms with Crippen LogP contribution >= 0.6 is 12.4 Å². The first-order chi connectivity index (χ1) is 8.16. The lowest BCUT2D eigenvalue weighted by Crippen LogP contribution is -2.32. The molecule has 0 bridgehead atoms. The number of benzene rings is 1. The molecule has 1 aromatic rings. The van der Waals surface area contributed by atoms with Crippen LogP contribution < -0.4 is 5.73 Å². The van der Waals surface area contributed by atoms with Crippen molar-refractivity contribution in [3.63, 3.8) is 0 Å². The number of hydrogen-bond acceptors (Lipinski definition) is 2. The molecule has 3 nitrogen and oxygen atoms in total. The van der Waals surface area contributed by atoms with Crippen molar-refractivity contribution in [2.24, 2.45) is 5.92 Å². The lowest BCUT2D eigenvalue weighted by molar-refractivity contribution is 0.0760. The molecule has 1 saturated heterocycles. The van der Waals surface area contributed by atoms with Crippen molar-refractivity contribution in [3.05, 3.63) is 29.8 Å². The fourth-order valence-corrected chi connectivity index (χ4v) is 2.32. The first-order valence-electron chi connectivity index (χ1n) is 6.31. The lowest BCUT2D eigenvalue weighted by Gasteiger charge is -2.20. The number of nitrogen functional groups attached to an aromatic ring is 1. The standard InChI is InChI=1S/C14H20N2O.ClH/c1-11-4-3-8-16(9-7-11)14(17)12-5-2-6-13(15)10-12;/h2,5-6,10-11H,3-4,7-9,15H2,1H3;1H. The van der Waals surface area contributed by atoms with Crippen LogP contribution in [0.3, 0.4) is 0 Å². The van der Waals surface area contributed by atoms with Gasteiger partial charge in [0, 0.05) is 24.3 Å². The van der Waals surface area contributed by atoms with E-state index in [2.05, 4.69) is 6.92 Å². The molecule has 1 aromatic carbocycles. The molecular weight excluding hydrogens is 248 g/mol. The van der Waals surface area contributed by atoms with E-state index in [0.29, 0.717) is 11.3 Å². The second-order valence-electron chi connectivity index (χ2n) is 4.95. The first-order valence-corrected chi connectivity index (χ1v) is 6.31. The summed E-state index contributed by atoms with van der Waals surface area (Å²) in [5.74, 6) is 0.847. The van der Waals surface area contributed by atoms with Crippen LogP contribution in [-0.4, -0.2) is 23.9 Å². The van der Waals surface area contributed by atoms with Gasteiger partial charge < -0.3 is 10.6 Å². The summed E-state index contributed by atoms with van der Waals surface area (Å²) in [5.41, 5.74) is 7.07. The third-order valence-corrected chi connectivity index (χ3v) is 3.44. The van der Waals surface area contributed by atoms with Crippen LogP contribution in [0, 0.1) is 5.92 Å². The van der Waals surface area contributed by atoms with E-state index in [9.17, 15) is 4.79 Å². The molecule has 4 heteroatoms. The van der Waals surface area contributed by atoms with Gasteiger partial charge >= 0.3 is 0 Å². The van der Waals surface area contributed by atoms with Crippen LogP contribution in [0.4, 0.5) is 5.69 Å². The Kier molecular flexibility index (Phi) is 5.48. The number of amides is 1. The van der Waals surface area contributed by atoms with Crippen molar-refractivity contribution in [1.29, 1.82) is 0 Å². The van der Waals surface area contributed by atoms with Gasteiger partial charge in [-0.25, -0.2) is 0 Å². The Morgan fingerprint density at radius 1 is 1.33 bits per heavy atom. The highest BCUT2D eigenvalue weighted by molar-refractivity contribution is 5.95. The molecule has 18 heavy (non-hydrogen) atoms. The van der Waals surface area contributed by atoms with Gasteiger partial charge in [-0.05, 0) is 43.4 Å². The molecule has 0 aliphatic carbocycles. The molecule has 1 unspecified atom stereocenters. The van der Waals surface area contributed by atoms with Gasteiger partial charge in [0.15, 0.2) is 0 Å². The van der Waals surface area contributed by atoms with Crippen LogP contribution in [0.25, 0.3) is 0 Å². The van der Waals surface area contributed by atoms with Crippen molar-refractivity contribution >= 4 is 24.0 Å². The molecule has 1 amide bonds. The van der Waals surface area contributed by atoms with Gasteiger partial charge in [0.05, 0.1) is 0 Å². The van der Waals surface area contributed by atoms with Crippen LogP contribution in [-0.2, 0) is 0 Å². The maximum absolute atomic E-state index is 12.3. The van der Waals surface area contributed by atoms with Gasteiger partial charge in [0.2, 0.25) is 0 Å². The van der Waals surface area contributed by atoms with E-state index in [1.54, 1.807) is 12.1 Å². The third kappa shape index (κ3) is 3.64. The van der Waals surface area contributed by atoms with Crippen LogP contribution in [0.2, 0.25) is 0 Å². The predicted octanol–water partition coefficient (Wildman–Crippen LogP) is 2.95. The van der Waals surface area contributed by atoms with Crippen molar-refractivity contribution in [3.8, 4) is 0 Å². The number of nitrogens with zero attached hydrogens (tertiary/aromatic N) is 1. The summed E-state index contributed by atoms with van der Waals surface area (Å²) in [6.07, 6.45) is 3.43. The predicted molar refractivity (Wildman–Crippen MR) is 77.0 cm³/mol. The molecule has 1 atom stereocenters. The number of carbonyl (C=O) groups excluding carboxylic acids is 1. The topological polar surface area (TPSA) is 46.3 Å². The fraction of sp³-hybridized carbons (Fsp3) is 0.500. The summed E-state index contributed by atoms with van der Waals surface area (Å²) in [6, 6.07) is 7.24. The SMILES string of the molecule is CC1CCCN(C(=O)c2cccc(N)c2)CC1.Cl. The summed E-state index contributed by atoms with van der Waals surface area (Å²) in [7, 11) is 0. The molecule has 2 rings (SSSR count). The number of likely N-dealkylation sites (tertiary alicyclic amines) is 1. The van der Waals surface area contributed by atoms with Gasteiger partial charge in [0.1, 0.15) is 0 Å². The maximum atomic E-state index is 12.3. The zero-order chi connectivity index (χ0) is 12.3. The molecule has 1 fully saturated rings. The number of nitrogens with two attached hydrogens (primary N) is 1. The summed E-state index contributed by atoms with van der Waals surface area (Å²) >= 11 is 0. The average Bonchev–Trinajstić information content (AvgIpc) is 2.53. The molecule has 1 aliphatic rings. The average molecular weight is 269 g/mol. The van der Waals surface area contributed by atoms with E-state index in [-0.39, 0.29) is 18.3 Å². The van der Waals surface area contributed by atoms with Crippen LogP contribution in [0.15, 0.2) is 24.3 Å². The summed E-state index contributed by atoms with van der Waals surface area (Å²) < 4.78 is 0. The Morgan fingerprint density at radius 2 is 2.11 bits per heavy atom. The summed E-state index contributed by atoms with van der Waals surface area (Å²) in [4.78, 5) is 14.2. The molecule has 0 radical (unpaired) electrons. The van der Waals surface area contributed by atoms with Crippen molar-refractivity contribution < 1.29 is 4.79 Å². The van der Waals surface area contributed by atoms with E-state index in [1.165, 1.54) is 6.42 Å². The lowest BCUT2D eigenvalue weighted by atomic mass is 10.0. The van der Waals surface area contributed by atoms with Gasteiger partial charge in [-0.1, -0.05) is 13.0 Å². The van der Waals surface area contributed by atoms with Crippen LogP contribution in [0.1, 0.15) is 36.5 Å². The van der Waals surface area contributed by atoms with E-state index >= 15 is 0 Å². The van der Waals surface area contributed by atoms with Gasteiger partial charge in [-0.3, -0.25) is 4.79 Å². The maximum Gasteiger partial charge on any atom is 0.253 e. The number of carbonyl (C=O) groups is 1. The molecule has 0 aromatic heterocycles. The number of rotatable bonds is 1. The van der Waals surface area contributed by atoms with Crippen LogP contribution in [0.5, 0.6) is 0 Å². The zero-order valence-electron chi connectivity index (χ0n) is 10.8. The van der Waals surface area contributed by atoms with Gasteiger partial charge in [-0.15, -0.1) is 12.4 Å². The smallest absolute Gasteiger partial charge is 0.253 e. The molecule has 0 saturated carbocycles. The minimum atomic E-state index is 0. The molecule has 0 spiro atoms. The Balaban J connectivity index is 0.00000162. The van der Waals surface area contributed by atoms with E-state index in [4.69, 9.17) is 5.73 Å². The normalized spacial score (nSPS) is 19.8. The van der Waals surface area contributed by atoms with Gasteiger partial charge in [0.25, 0.3) is 5.91 Å².